The van der Waals surface area contributed by atoms with Crippen LogP contribution in [0.4, 0.5) is 39.9 Å². The average Bonchev–Trinajstić information content (AvgIpc) is 1.66. The zero-order chi connectivity index (χ0) is 58.8. The molecule has 0 bridgehead atoms. The second kappa shape index (κ2) is 21.0. The molecule has 1 spiro atoms. The molecule has 85 heavy (non-hydrogen) atoms. The number of aryl methyl sites for hydroxylation is 2. The Morgan fingerprint density at radius 3 is 1.60 bits per heavy atom. The topological polar surface area (TPSA) is 31.8 Å². The molecule has 0 saturated heterocycles. The summed E-state index contributed by atoms with van der Waals surface area (Å²) in [5, 5.41) is 5.43. The molecule has 430 valence electrons. The van der Waals surface area contributed by atoms with Gasteiger partial charge in [0.1, 0.15) is 13.9 Å². The SMILES string of the molecule is Cc1ccc2c(c1)[Si]1(c3ccc(Oc4[c-]c(N5[CH-]N(c6c(-c7cccc(C(C)(C)C)c7)cccc6-c6cc(C(C)(C)C)cc(C(C)(C)C)c6)c6ccccc65)ccc4)[c-]c3N(c3cc(C(C)(C)C)ccn3)c3ccccc31)c1cc(C)ccc1-2.[Pt]. The van der Waals surface area contributed by atoms with E-state index in [0.29, 0.717) is 11.5 Å². The fraction of sp³-hybridized carbons (Fsp3) is 0.231. The predicted octanol–water partition coefficient (Wildman–Crippen LogP) is 18.2. The molecule has 0 atom stereocenters. The molecule has 10 aromatic rings. The van der Waals surface area contributed by atoms with Crippen molar-refractivity contribution < 1.29 is 25.8 Å². The average molecular weight is 1310 g/mol. The van der Waals surface area contributed by atoms with Crippen LogP contribution in [0.2, 0.25) is 0 Å². The number of ether oxygens (including phenoxy) is 1. The van der Waals surface area contributed by atoms with Crippen molar-refractivity contribution in [3.63, 3.8) is 0 Å². The van der Waals surface area contributed by atoms with Gasteiger partial charge in [-0.05, 0) is 126 Å². The van der Waals surface area contributed by atoms with Crippen molar-refractivity contribution in [2.45, 2.75) is 119 Å². The number of aromatic nitrogens is 1. The number of rotatable bonds is 7. The number of hydrogen-bond donors (Lipinski definition) is 0. The molecule has 0 unspecified atom stereocenters. The van der Waals surface area contributed by atoms with Crippen molar-refractivity contribution in [2.75, 3.05) is 14.7 Å². The molecular weight excluding hydrogens is 1230 g/mol. The van der Waals surface area contributed by atoms with Gasteiger partial charge in [-0.3, -0.25) is 0 Å². The monoisotopic (exact) mass is 1310 g/mol. The third-order valence-corrected chi connectivity index (χ3v) is 22.4. The van der Waals surface area contributed by atoms with Crippen molar-refractivity contribution in [1.29, 1.82) is 0 Å². The first kappa shape index (κ1) is 57.7. The third kappa shape index (κ3) is 9.97. The second-order valence-corrected chi connectivity index (χ2v) is 31.3. The molecule has 13 rings (SSSR count). The minimum Gasteiger partial charge on any atom is -0.509 e. The van der Waals surface area contributed by atoms with Crippen LogP contribution < -0.4 is 40.2 Å². The molecule has 0 fully saturated rings. The van der Waals surface area contributed by atoms with Crippen LogP contribution in [0.3, 0.4) is 0 Å². The van der Waals surface area contributed by atoms with Gasteiger partial charge in [-0.2, -0.15) is 12.1 Å². The molecule has 4 heterocycles. The van der Waals surface area contributed by atoms with E-state index in [4.69, 9.17) is 9.72 Å². The third-order valence-electron chi connectivity index (χ3n) is 17.5. The van der Waals surface area contributed by atoms with E-state index in [-0.39, 0.29) is 42.7 Å². The first-order chi connectivity index (χ1) is 40.0. The maximum atomic E-state index is 7.10. The minimum atomic E-state index is -2.97. The zero-order valence-electron chi connectivity index (χ0n) is 51.6. The van der Waals surface area contributed by atoms with Crippen LogP contribution in [-0.2, 0) is 42.7 Å². The Morgan fingerprint density at radius 1 is 0.424 bits per heavy atom. The maximum absolute atomic E-state index is 7.10. The summed E-state index contributed by atoms with van der Waals surface area (Å²) >= 11 is 0. The van der Waals surface area contributed by atoms with Crippen LogP contribution in [0.1, 0.15) is 116 Å². The molecule has 0 amide bonds. The van der Waals surface area contributed by atoms with Crippen molar-refractivity contribution >= 4 is 68.8 Å². The first-order valence-electron chi connectivity index (χ1n) is 29.8. The smallest absolute Gasteiger partial charge is 0.135 e. The van der Waals surface area contributed by atoms with E-state index >= 15 is 0 Å². The molecule has 9 aromatic carbocycles. The van der Waals surface area contributed by atoms with E-state index in [0.717, 1.165) is 45.5 Å². The van der Waals surface area contributed by atoms with E-state index in [2.05, 4.69) is 312 Å². The Hall–Kier alpha value is -7.76. The number of nitrogens with zero attached hydrogens (tertiary/aromatic N) is 4. The molecule has 0 aliphatic carbocycles. The summed E-state index contributed by atoms with van der Waals surface area (Å²) in [5.74, 6) is 2.04. The molecule has 3 aliphatic rings. The minimum absolute atomic E-state index is 0. The molecule has 7 heteroatoms. The van der Waals surface area contributed by atoms with Crippen LogP contribution in [0.25, 0.3) is 33.4 Å². The van der Waals surface area contributed by atoms with Gasteiger partial charge in [0, 0.05) is 72.6 Å². The number of para-hydroxylation sites is 4. The van der Waals surface area contributed by atoms with Gasteiger partial charge in [-0.1, -0.05) is 227 Å². The molecule has 0 saturated carbocycles. The molecule has 3 aliphatic heterocycles. The summed E-state index contributed by atoms with van der Waals surface area (Å²) in [5.41, 5.74) is 20.9. The van der Waals surface area contributed by atoms with Gasteiger partial charge in [-0.25, -0.2) is 4.98 Å². The molecular formula is C78H75N4OPtSi-3. The second-order valence-electron chi connectivity index (χ2n) is 27.6. The molecule has 5 nitrogen and oxygen atoms in total. The summed E-state index contributed by atoms with van der Waals surface area (Å²) in [6, 6.07) is 78.0. The van der Waals surface area contributed by atoms with Gasteiger partial charge in [-0.15, -0.1) is 47.9 Å². The Bertz CT molecular complexity index is 4180. The normalized spacial score (nSPS) is 14.1. The van der Waals surface area contributed by atoms with Gasteiger partial charge >= 0.3 is 0 Å². The summed E-state index contributed by atoms with van der Waals surface area (Å²) in [7, 11) is -2.97. The quantitative estimate of drug-likeness (QED) is 0.117. The Morgan fingerprint density at radius 2 is 0.965 bits per heavy atom. The summed E-state index contributed by atoms with van der Waals surface area (Å²) in [6.45, 7) is 34.3. The number of benzene rings is 9. The van der Waals surface area contributed by atoms with Crippen LogP contribution in [0.15, 0.2) is 194 Å². The van der Waals surface area contributed by atoms with Crippen LogP contribution >= 0.6 is 0 Å². The number of hydrogen-bond acceptors (Lipinski definition) is 5. The van der Waals surface area contributed by atoms with Crippen LogP contribution in [0, 0.1) is 32.6 Å². The summed E-state index contributed by atoms with van der Waals surface area (Å²) < 4.78 is 7.10. The van der Waals surface area contributed by atoms with Gasteiger partial charge in [0.05, 0.1) is 0 Å². The van der Waals surface area contributed by atoms with E-state index in [1.54, 1.807) is 0 Å². The van der Waals surface area contributed by atoms with Crippen LogP contribution in [0.5, 0.6) is 11.5 Å². The zero-order valence-corrected chi connectivity index (χ0v) is 54.8. The van der Waals surface area contributed by atoms with E-state index in [1.165, 1.54) is 81.9 Å². The summed E-state index contributed by atoms with van der Waals surface area (Å²) in [6.07, 6.45) is 1.96. The van der Waals surface area contributed by atoms with E-state index < -0.39 is 8.07 Å². The maximum Gasteiger partial charge on any atom is 0.135 e. The fourth-order valence-electron chi connectivity index (χ4n) is 12.9. The molecule has 1 aromatic heterocycles. The first-order valence-corrected chi connectivity index (χ1v) is 31.8. The van der Waals surface area contributed by atoms with Crippen molar-refractivity contribution in [1.82, 2.24) is 4.98 Å². The van der Waals surface area contributed by atoms with Crippen LogP contribution in [-0.4, -0.2) is 13.1 Å². The predicted molar refractivity (Wildman–Crippen MR) is 356 cm³/mol. The Labute approximate surface area is 520 Å². The van der Waals surface area contributed by atoms with E-state index in [1.807, 2.05) is 12.3 Å². The van der Waals surface area contributed by atoms with Crippen molar-refractivity contribution in [2.24, 2.45) is 0 Å². The Balaban J connectivity index is 0.00000709. The van der Waals surface area contributed by atoms with Crippen molar-refractivity contribution in [3.8, 4) is 44.9 Å². The largest absolute Gasteiger partial charge is 0.509 e. The van der Waals surface area contributed by atoms with Crippen molar-refractivity contribution in [3.05, 3.63) is 246 Å². The standard InChI is InChI=1S/C78H75N4OSi.Pt/c1-50-32-35-63-64-36-33-51(2)41-72(64)84(71(63)40-50)69-31-18-17-30-67(69)82(73-46-55(38-39-79-73)76(6,7)8)68-48-60(34-37-70(68)84)83-59-25-20-24-58(47-59)80-49-81(66-29-16-15-28-65(66)80)74-61(52-22-19-23-54(42-52)75(3,4)5)26-21-27-62(74)53-43-56(77(9,10)11)45-57(44-53)78(12,13)14;/h15-46,49H,1-14H3;/q-3;. The molecule has 0 radical (unpaired) electrons. The van der Waals surface area contributed by atoms with E-state index in [9.17, 15) is 0 Å². The fourth-order valence-corrected chi connectivity index (χ4v) is 18.6. The number of fused-ring (bicyclic) bond motifs is 10. The number of pyridine rings is 1. The van der Waals surface area contributed by atoms with Gasteiger partial charge in [0.15, 0.2) is 0 Å². The van der Waals surface area contributed by atoms with Gasteiger partial charge < -0.3 is 19.4 Å². The van der Waals surface area contributed by atoms with Gasteiger partial charge in [0.2, 0.25) is 0 Å². The summed E-state index contributed by atoms with van der Waals surface area (Å²) in [4.78, 5) is 12.2. The molecule has 0 N–H and O–H groups in total. The van der Waals surface area contributed by atoms with Gasteiger partial charge in [0.25, 0.3) is 0 Å². The number of anilines is 7. The Kier molecular flexibility index (Phi) is 14.3.